The second-order valence-corrected chi connectivity index (χ2v) is 6.37. The third-order valence-electron chi connectivity index (χ3n) is 5.23. The molecule has 4 rings (SSSR count). The van der Waals surface area contributed by atoms with E-state index in [4.69, 9.17) is 19.9 Å². The molecule has 0 aromatic heterocycles. The predicted molar refractivity (Wildman–Crippen MR) is 82.7 cm³/mol. The van der Waals surface area contributed by atoms with Crippen LogP contribution in [-0.4, -0.2) is 31.6 Å². The van der Waals surface area contributed by atoms with E-state index in [1.807, 2.05) is 19.1 Å². The highest BCUT2D eigenvalue weighted by Gasteiger charge is 2.94. The van der Waals surface area contributed by atoms with Crippen molar-refractivity contribution < 1.29 is 14.2 Å². The van der Waals surface area contributed by atoms with Gasteiger partial charge in [-0.05, 0) is 24.6 Å². The number of ether oxygens (including phenoxy) is 3. The average molecular weight is 324 g/mol. The van der Waals surface area contributed by atoms with Crippen molar-refractivity contribution in [3.8, 4) is 17.9 Å². The molecule has 1 saturated heterocycles. The molecule has 7 nitrogen and oxygen atoms in total. The molecule has 7 heteroatoms. The fourth-order valence-electron chi connectivity index (χ4n) is 4.18. The lowest BCUT2D eigenvalue weighted by Gasteiger charge is -2.26. The lowest BCUT2D eigenvalue weighted by Crippen LogP contribution is -2.39. The lowest BCUT2D eigenvalue weighted by atomic mass is 9.94. The normalized spacial score (nSPS) is 42.1. The van der Waals surface area contributed by atoms with Crippen LogP contribution in [-0.2, 0) is 9.47 Å². The van der Waals surface area contributed by atoms with Gasteiger partial charge in [0.1, 0.15) is 17.0 Å². The molecule has 2 N–H and O–H groups in total. The number of benzene rings is 1. The van der Waals surface area contributed by atoms with Gasteiger partial charge in [0.25, 0.3) is 5.91 Å². The maximum atomic E-state index is 10.0. The highest BCUT2D eigenvalue weighted by Crippen LogP contribution is 2.82. The number of rotatable bonds is 2. The molecular formula is C17H16N4O3. The maximum Gasteiger partial charge on any atom is 0.293 e. The minimum atomic E-state index is -1.52. The lowest BCUT2D eigenvalue weighted by molar-refractivity contribution is -0.193. The first-order valence-corrected chi connectivity index (χ1v) is 7.65. The van der Waals surface area contributed by atoms with Gasteiger partial charge in [-0.1, -0.05) is 12.1 Å². The number of methoxy groups -OCH3 is 1. The first-order chi connectivity index (χ1) is 11.5. The number of nitriles is 2. The average Bonchev–Trinajstić information content (AvgIpc) is 2.99. The Morgan fingerprint density at radius 1 is 1.38 bits per heavy atom. The highest BCUT2D eigenvalue weighted by molar-refractivity contribution is 6.00. The van der Waals surface area contributed by atoms with E-state index in [0.29, 0.717) is 12.4 Å². The third-order valence-corrected chi connectivity index (χ3v) is 5.23. The van der Waals surface area contributed by atoms with E-state index in [1.54, 1.807) is 19.2 Å². The molecule has 5 unspecified atom stereocenters. The Balaban J connectivity index is 1.90. The van der Waals surface area contributed by atoms with Gasteiger partial charge >= 0.3 is 0 Å². The number of nitrogens with two attached hydrogens (primary N) is 1. The van der Waals surface area contributed by atoms with Crippen molar-refractivity contribution >= 4 is 5.84 Å². The summed E-state index contributed by atoms with van der Waals surface area (Å²) < 4.78 is 16.9. The number of hydrogen-bond acceptors (Lipinski definition) is 7. The molecule has 1 saturated carbocycles. The van der Waals surface area contributed by atoms with Crippen LogP contribution in [0.15, 0.2) is 29.3 Å². The summed E-state index contributed by atoms with van der Waals surface area (Å²) in [7, 11) is 1.56. The predicted octanol–water partition coefficient (Wildman–Crippen LogP) is 1.27. The first kappa shape index (κ1) is 14.9. The summed E-state index contributed by atoms with van der Waals surface area (Å²) in [5, 5.41) is 19.9. The monoisotopic (exact) mass is 324 g/mol. The summed E-state index contributed by atoms with van der Waals surface area (Å²) in [4.78, 5) is 4.28. The smallest absolute Gasteiger partial charge is 0.293 e. The number of amidine groups is 1. The number of hydrogen-bond donors (Lipinski definition) is 1. The van der Waals surface area contributed by atoms with Crippen LogP contribution in [0.5, 0.6) is 5.75 Å². The van der Waals surface area contributed by atoms with Gasteiger partial charge in [0.15, 0.2) is 5.41 Å². The molecule has 0 radical (unpaired) electrons. The topological polar surface area (TPSA) is 114 Å². The van der Waals surface area contributed by atoms with Crippen molar-refractivity contribution in [2.75, 3.05) is 13.7 Å². The highest BCUT2D eigenvalue weighted by atomic mass is 16.8. The number of aliphatic imine (C=N–C) groups is 1. The van der Waals surface area contributed by atoms with Gasteiger partial charge < -0.3 is 19.9 Å². The van der Waals surface area contributed by atoms with E-state index < -0.39 is 22.7 Å². The second-order valence-electron chi connectivity index (χ2n) is 6.37. The molecular weight excluding hydrogens is 308 g/mol. The quantitative estimate of drug-likeness (QED) is 0.876. The summed E-state index contributed by atoms with van der Waals surface area (Å²) in [6.07, 6.45) is -0.229. The molecule has 24 heavy (non-hydrogen) atoms. The van der Waals surface area contributed by atoms with Crippen molar-refractivity contribution in [2.45, 2.75) is 24.9 Å². The van der Waals surface area contributed by atoms with Crippen molar-refractivity contribution in [3.05, 3.63) is 29.8 Å². The van der Waals surface area contributed by atoms with Gasteiger partial charge in [-0.3, -0.25) is 0 Å². The Morgan fingerprint density at radius 3 is 2.75 bits per heavy atom. The van der Waals surface area contributed by atoms with Crippen LogP contribution in [0.1, 0.15) is 18.4 Å². The number of fused-ring (bicyclic) bond motifs is 2. The van der Waals surface area contributed by atoms with Gasteiger partial charge in [0.05, 0.1) is 32.0 Å². The van der Waals surface area contributed by atoms with Crippen LogP contribution in [0.2, 0.25) is 0 Å². The molecule has 2 heterocycles. The van der Waals surface area contributed by atoms with Gasteiger partial charge in [0.2, 0.25) is 0 Å². The minimum Gasteiger partial charge on any atom is -0.497 e. The largest absolute Gasteiger partial charge is 0.497 e. The fraction of sp³-hybridized carbons (Fsp3) is 0.471. The van der Waals surface area contributed by atoms with E-state index >= 15 is 0 Å². The van der Waals surface area contributed by atoms with E-state index in [0.717, 1.165) is 5.56 Å². The summed E-state index contributed by atoms with van der Waals surface area (Å²) in [5.74, 6) is -1.27. The van der Waals surface area contributed by atoms with E-state index in [9.17, 15) is 10.5 Å². The molecule has 5 atom stereocenters. The van der Waals surface area contributed by atoms with E-state index in [1.165, 1.54) is 0 Å². The molecule has 0 amide bonds. The molecule has 1 aliphatic carbocycles. The minimum absolute atomic E-state index is 0.0912. The summed E-state index contributed by atoms with van der Waals surface area (Å²) in [6.45, 7) is 2.13. The standard InChI is InChI=1S/C17H16N4O3/c1-10-7-23-17(24-10)16(9-19)13(15(16,8-18)14(20)21-17)11-4-3-5-12(6-11)22-2/h3-6,10,13H,7H2,1-2H3,(H2,20,21). The Bertz CT molecular complexity index is 841. The molecule has 3 aliphatic rings. The SMILES string of the molecule is COc1cccc(C2C3(C#N)C(N)=NC4(OCC(C)O4)C23C#N)c1. The summed E-state index contributed by atoms with van der Waals surface area (Å²) in [5.41, 5.74) is 4.34. The van der Waals surface area contributed by atoms with Crippen molar-refractivity contribution in [2.24, 2.45) is 21.6 Å². The van der Waals surface area contributed by atoms with Crippen LogP contribution in [0.4, 0.5) is 0 Å². The second kappa shape index (κ2) is 4.47. The molecule has 2 fully saturated rings. The third kappa shape index (κ3) is 1.36. The molecule has 1 aromatic rings. The Hall–Kier alpha value is -2.61. The van der Waals surface area contributed by atoms with Gasteiger partial charge in [0, 0.05) is 5.92 Å². The maximum absolute atomic E-state index is 10.0. The Kier molecular flexibility index (Phi) is 2.79. The van der Waals surface area contributed by atoms with Crippen LogP contribution < -0.4 is 10.5 Å². The molecule has 122 valence electrons. The number of nitrogens with zero attached hydrogens (tertiary/aromatic N) is 3. The van der Waals surface area contributed by atoms with Crippen LogP contribution in [0.3, 0.4) is 0 Å². The van der Waals surface area contributed by atoms with Gasteiger partial charge in [-0.25, -0.2) is 4.99 Å². The molecule has 2 aliphatic heterocycles. The van der Waals surface area contributed by atoms with Gasteiger partial charge in [-0.2, -0.15) is 10.5 Å². The van der Waals surface area contributed by atoms with Crippen LogP contribution in [0, 0.1) is 33.5 Å². The van der Waals surface area contributed by atoms with Crippen molar-refractivity contribution in [1.82, 2.24) is 0 Å². The van der Waals surface area contributed by atoms with E-state index in [-0.39, 0.29) is 11.9 Å². The fourth-order valence-corrected chi connectivity index (χ4v) is 4.18. The molecule has 1 aromatic carbocycles. The van der Waals surface area contributed by atoms with Crippen LogP contribution >= 0.6 is 0 Å². The summed E-state index contributed by atoms with van der Waals surface area (Å²) >= 11 is 0. The Labute approximate surface area is 139 Å². The molecule has 1 spiro atoms. The zero-order chi connectivity index (χ0) is 17.2. The van der Waals surface area contributed by atoms with Gasteiger partial charge in [-0.15, -0.1) is 0 Å². The zero-order valence-corrected chi connectivity index (χ0v) is 13.3. The first-order valence-electron chi connectivity index (χ1n) is 7.65. The Morgan fingerprint density at radius 2 is 2.17 bits per heavy atom. The summed E-state index contributed by atoms with van der Waals surface area (Å²) in [6, 6.07) is 11.8. The van der Waals surface area contributed by atoms with E-state index in [2.05, 4.69) is 17.1 Å². The zero-order valence-electron chi connectivity index (χ0n) is 13.3. The molecule has 0 bridgehead atoms. The van der Waals surface area contributed by atoms with Crippen LogP contribution in [0.25, 0.3) is 0 Å². The van der Waals surface area contributed by atoms with Crippen molar-refractivity contribution in [3.63, 3.8) is 0 Å². The van der Waals surface area contributed by atoms with Crippen molar-refractivity contribution in [1.29, 1.82) is 10.5 Å².